The van der Waals surface area contributed by atoms with E-state index >= 15 is 0 Å². The molecule has 1 aliphatic heterocycles. The first-order valence-electron chi connectivity index (χ1n) is 8.53. The lowest BCUT2D eigenvalue weighted by molar-refractivity contribution is -0.134. The zero-order valence-corrected chi connectivity index (χ0v) is 14.5. The summed E-state index contributed by atoms with van der Waals surface area (Å²) in [6, 6.07) is 11.4. The number of nitrogens with one attached hydrogen (secondary N) is 1. The van der Waals surface area contributed by atoms with E-state index in [-0.39, 0.29) is 11.8 Å². The van der Waals surface area contributed by atoms with Crippen LogP contribution in [0.3, 0.4) is 0 Å². The molecule has 1 fully saturated rings. The number of carboxylic acid groups (broad SMARTS) is 1. The molecule has 2 aromatic carbocycles. The van der Waals surface area contributed by atoms with E-state index in [1.807, 2.05) is 36.4 Å². The van der Waals surface area contributed by atoms with Crippen LogP contribution in [0.5, 0.6) is 5.75 Å². The molecule has 1 unspecified atom stereocenters. The quantitative estimate of drug-likeness (QED) is 0.778. The van der Waals surface area contributed by atoms with E-state index in [1.54, 1.807) is 0 Å². The van der Waals surface area contributed by atoms with Crippen molar-refractivity contribution in [1.29, 1.82) is 0 Å². The molecule has 0 aliphatic carbocycles. The number of fused-ring (bicyclic) bond motifs is 1. The van der Waals surface area contributed by atoms with Crippen molar-refractivity contribution >= 4 is 28.7 Å². The number of rotatable bonds is 6. The Hall–Kier alpha value is -2.86. The van der Waals surface area contributed by atoms with Crippen LogP contribution in [0, 0.1) is 0 Å². The second-order valence-electron chi connectivity index (χ2n) is 6.19. The number of amides is 1. The first-order valence-corrected chi connectivity index (χ1v) is 8.53. The van der Waals surface area contributed by atoms with Gasteiger partial charge in [-0.1, -0.05) is 30.3 Å². The van der Waals surface area contributed by atoms with Crippen molar-refractivity contribution in [3.8, 4) is 5.75 Å². The van der Waals surface area contributed by atoms with Gasteiger partial charge in [0.1, 0.15) is 18.1 Å². The SMILES string of the molecule is CC(=O)N/C(=C/c1c(OCC2CCCO2)ccc2ccccc12)C(=O)O. The van der Waals surface area contributed by atoms with Gasteiger partial charge in [-0.2, -0.15) is 0 Å². The summed E-state index contributed by atoms with van der Waals surface area (Å²) in [6.07, 6.45) is 3.46. The standard InChI is InChI=1S/C20H21NO5/c1-13(22)21-18(20(23)24)11-17-16-7-3-2-5-14(16)8-9-19(17)26-12-15-6-4-10-25-15/h2-3,5,7-9,11,15H,4,6,10,12H2,1H3,(H,21,22)(H,23,24)/b18-11+. The fraction of sp³-hybridized carbons (Fsp3) is 0.300. The summed E-state index contributed by atoms with van der Waals surface area (Å²) in [7, 11) is 0. The van der Waals surface area contributed by atoms with Gasteiger partial charge in [0, 0.05) is 19.1 Å². The summed E-state index contributed by atoms with van der Waals surface area (Å²) in [5.41, 5.74) is 0.420. The maximum atomic E-state index is 11.5. The number of carbonyl (C=O) groups excluding carboxylic acids is 1. The Bertz CT molecular complexity index is 852. The third kappa shape index (κ3) is 4.21. The Balaban J connectivity index is 2.02. The number of hydrogen-bond acceptors (Lipinski definition) is 4. The third-order valence-electron chi connectivity index (χ3n) is 4.21. The highest BCUT2D eigenvalue weighted by atomic mass is 16.5. The molecule has 0 aromatic heterocycles. The van der Waals surface area contributed by atoms with E-state index in [1.165, 1.54) is 13.0 Å². The molecule has 3 rings (SSSR count). The summed E-state index contributed by atoms with van der Waals surface area (Å²) < 4.78 is 11.5. The molecule has 0 saturated carbocycles. The van der Waals surface area contributed by atoms with E-state index in [2.05, 4.69) is 5.32 Å². The lowest BCUT2D eigenvalue weighted by atomic mass is 10.0. The maximum absolute atomic E-state index is 11.5. The third-order valence-corrected chi connectivity index (χ3v) is 4.21. The smallest absolute Gasteiger partial charge is 0.352 e. The second-order valence-corrected chi connectivity index (χ2v) is 6.19. The van der Waals surface area contributed by atoms with Crippen molar-refractivity contribution in [2.24, 2.45) is 0 Å². The Morgan fingerprint density at radius 3 is 2.81 bits per heavy atom. The lowest BCUT2D eigenvalue weighted by Crippen LogP contribution is -2.24. The highest BCUT2D eigenvalue weighted by Crippen LogP contribution is 2.30. The highest BCUT2D eigenvalue weighted by molar-refractivity contribution is 6.01. The summed E-state index contributed by atoms with van der Waals surface area (Å²) >= 11 is 0. The summed E-state index contributed by atoms with van der Waals surface area (Å²) in [6.45, 7) is 2.42. The van der Waals surface area contributed by atoms with E-state index in [0.29, 0.717) is 17.9 Å². The minimum absolute atomic E-state index is 0.0487. The summed E-state index contributed by atoms with van der Waals surface area (Å²) in [5, 5.41) is 13.6. The van der Waals surface area contributed by atoms with Crippen molar-refractivity contribution in [3.05, 3.63) is 47.7 Å². The zero-order valence-electron chi connectivity index (χ0n) is 14.5. The number of aliphatic carboxylic acids is 1. The first kappa shape index (κ1) is 17.9. The molecule has 26 heavy (non-hydrogen) atoms. The molecule has 2 N–H and O–H groups in total. The molecular weight excluding hydrogens is 334 g/mol. The number of carboxylic acids is 1. The maximum Gasteiger partial charge on any atom is 0.352 e. The number of ether oxygens (including phenoxy) is 2. The van der Waals surface area contributed by atoms with E-state index < -0.39 is 11.9 Å². The van der Waals surface area contributed by atoms with Crippen LogP contribution in [-0.4, -0.2) is 36.3 Å². The average Bonchev–Trinajstić information content (AvgIpc) is 3.13. The fourth-order valence-corrected chi connectivity index (χ4v) is 2.99. The normalized spacial score (nSPS) is 17.3. The van der Waals surface area contributed by atoms with Gasteiger partial charge in [-0.15, -0.1) is 0 Å². The summed E-state index contributed by atoms with van der Waals surface area (Å²) in [5.74, 6) is -1.10. The molecular formula is C20H21NO5. The Labute approximate surface area is 151 Å². The van der Waals surface area contributed by atoms with Gasteiger partial charge >= 0.3 is 5.97 Å². The topological polar surface area (TPSA) is 84.9 Å². The van der Waals surface area contributed by atoms with Crippen LogP contribution >= 0.6 is 0 Å². The molecule has 0 radical (unpaired) electrons. The van der Waals surface area contributed by atoms with Crippen LogP contribution in [-0.2, 0) is 14.3 Å². The van der Waals surface area contributed by atoms with Gasteiger partial charge in [0.15, 0.2) is 0 Å². The molecule has 1 atom stereocenters. The molecule has 1 heterocycles. The molecule has 136 valence electrons. The molecule has 6 heteroatoms. The van der Waals surface area contributed by atoms with Crippen LogP contribution in [0.25, 0.3) is 16.8 Å². The fourth-order valence-electron chi connectivity index (χ4n) is 2.99. The molecule has 0 bridgehead atoms. The molecule has 6 nitrogen and oxygen atoms in total. The molecule has 2 aromatic rings. The van der Waals surface area contributed by atoms with E-state index in [0.717, 1.165) is 30.2 Å². The van der Waals surface area contributed by atoms with Gasteiger partial charge in [0.25, 0.3) is 0 Å². The Kier molecular flexibility index (Phi) is 5.53. The van der Waals surface area contributed by atoms with Crippen LogP contribution in [0.15, 0.2) is 42.1 Å². The van der Waals surface area contributed by atoms with Gasteiger partial charge in [0.05, 0.1) is 6.10 Å². The van der Waals surface area contributed by atoms with Crippen LogP contribution in [0.2, 0.25) is 0 Å². The predicted molar refractivity (Wildman–Crippen MR) is 97.8 cm³/mol. The Morgan fingerprint density at radius 1 is 1.31 bits per heavy atom. The minimum atomic E-state index is -1.21. The van der Waals surface area contributed by atoms with E-state index in [4.69, 9.17) is 9.47 Å². The van der Waals surface area contributed by atoms with Crippen molar-refractivity contribution in [1.82, 2.24) is 5.32 Å². The van der Waals surface area contributed by atoms with Gasteiger partial charge in [-0.3, -0.25) is 4.79 Å². The number of benzene rings is 2. The van der Waals surface area contributed by atoms with Crippen molar-refractivity contribution < 1.29 is 24.2 Å². The van der Waals surface area contributed by atoms with Crippen molar-refractivity contribution in [2.45, 2.75) is 25.9 Å². The average molecular weight is 355 g/mol. The largest absolute Gasteiger partial charge is 0.490 e. The lowest BCUT2D eigenvalue weighted by Gasteiger charge is -2.15. The predicted octanol–water partition coefficient (Wildman–Crippen LogP) is 2.96. The number of hydrogen-bond donors (Lipinski definition) is 2. The Morgan fingerprint density at radius 2 is 2.12 bits per heavy atom. The molecule has 1 saturated heterocycles. The van der Waals surface area contributed by atoms with Gasteiger partial charge < -0.3 is 19.9 Å². The monoisotopic (exact) mass is 355 g/mol. The van der Waals surface area contributed by atoms with Gasteiger partial charge in [-0.05, 0) is 35.8 Å². The zero-order chi connectivity index (χ0) is 18.5. The second kappa shape index (κ2) is 8.01. The van der Waals surface area contributed by atoms with Crippen molar-refractivity contribution in [2.75, 3.05) is 13.2 Å². The van der Waals surface area contributed by atoms with Gasteiger partial charge in [-0.25, -0.2) is 4.79 Å². The molecule has 0 spiro atoms. The van der Waals surface area contributed by atoms with Crippen LogP contribution in [0.1, 0.15) is 25.3 Å². The summed E-state index contributed by atoms with van der Waals surface area (Å²) in [4.78, 5) is 22.8. The number of carbonyl (C=O) groups is 2. The van der Waals surface area contributed by atoms with Gasteiger partial charge in [0.2, 0.25) is 5.91 Å². The highest BCUT2D eigenvalue weighted by Gasteiger charge is 2.18. The first-order chi connectivity index (χ1) is 12.5. The van der Waals surface area contributed by atoms with Crippen LogP contribution in [0.4, 0.5) is 0 Å². The molecule has 1 amide bonds. The van der Waals surface area contributed by atoms with E-state index in [9.17, 15) is 14.7 Å². The van der Waals surface area contributed by atoms with Crippen LogP contribution < -0.4 is 10.1 Å². The van der Waals surface area contributed by atoms with Crippen molar-refractivity contribution in [3.63, 3.8) is 0 Å². The minimum Gasteiger partial charge on any atom is -0.490 e. The molecule has 1 aliphatic rings.